The number of esters is 2. The molecule has 0 saturated carbocycles. The quantitative estimate of drug-likeness (QED) is 0.581. The number of aliphatic hydroxyl groups is 1. The molecular weight excluding hydrogens is 330 g/mol. The summed E-state index contributed by atoms with van der Waals surface area (Å²) in [5, 5.41) is 12.4. The van der Waals surface area contributed by atoms with Gasteiger partial charge in [-0.1, -0.05) is 0 Å². The minimum Gasteiger partial charge on any atom is -0.458 e. The molecule has 0 rings (SSSR count). The minimum atomic E-state index is -1.94. The lowest BCUT2D eigenvalue weighted by Gasteiger charge is -2.29. The molecule has 8 heteroatoms. The van der Waals surface area contributed by atoms with Gasteiger partial charge in [-0.15, -0.1) is 0 Å². The highest BCUT2D eigenvalue weighted by Gasteiger charge is 2.39. The first-order valence-electron chi connectivity index (χ1n) is 8.04. The van der Waals surface area contributed by atoms with Gasteiger partial charge in [-0.2, -0.15) is 0 Å². The lowest BCUT2D eigenvalue weighted by molar-refractivity contribution is -0.175. The van der Waals surface area contributed by atoms with E-state index in [-0.39, 0.29) is 0 Å². The summed E-state index contributed by atoms with van der Waals surface area (Å²) in [6.07, 6.45) is -2.91. The highest BCUT2D eigenvalue weighted by molar-refractivity contribution is 5.89. The first-order chi connectivity index (χ1) is 10.9. The zero-order valence-electron chi connectivity index (χ0n) is 16.6. The van der Waals surface area contributed by atoms with E-state index in [1.165, 1.54) is 0 Å². The number of alkyl carbamates (subject to hydrolysis) is 1. The van der Waals surface area contributed by atoms with Crippen LogP contribution in [0.1, 0.15) is 62.3 Å². The molecule has 0 aromatic carbocycles. The van der Waals surface area contributed by atoms with Crippen molar-refractivity contribution in [1.29, 1.82) is 0 Å². The van der Waals surface area contributed by atoms with Gasteiger partial charge >= 0.3 is 18.0 Å². The van der Waals surface area contributed by atoms with Gasteiger partial charge < -0.3 is 24.6 Å². The third kappa shape index (κ3) is 10.6. The molecule has 0 fully saturated rings. The van der Waals surface area contributed by atoms with Crippen LogP contribution in [0.2, 0.25) is 0 Å². The summed E-state index contributed by atoms with van der Waals surface area (Å²) in [7, 11) is 0. The highest BCUT2D eigenvalue weighted by atomic mass is 16.6. The number of rotatable bonds is 4. The van der Waals surface area contributed by atoms with Crippen molar-refractivity contribution in [1.82, 2.24) is 5.32 Å². The summed E-state index contributed by atoms with van der Waals surface area (Å²) in [6.45, 7) is 14.6. The molecule has 0 aliphatic rings. The molecule has 0 aromatic rings. The van der Waals surface area contributed by atoms with Gasteiger partial charge in [0, 0.05) is 0 Å². The van der Waals surface area contributed by atoms with Gasteiger partial charge in [0.1, 0.15) is 16.8 Å². The Morgan fingerprint density at radius 3 is 1.44 bits per heavy atom. The van der Waals surface area contributed by atoms with Crippen LogP contribution in [-0.4, -0.2) is 52.1 Å². The third-order valence-corrected chi connectivity index (χ3v) is 2.30. The molecule has 0 aliphatic carbocycles. The van der Waals surface area contributed by atoms with Crippen molar-refractivity contribution in [3.8, 4) is 0 Å². The maximum absolute atomic E-state index is 12.3. The molecule has 2 atom stereocenters. The Balaban J connectivity index is 5.35. The number of hydrogen-bond acceptors (Lipinski definition) is 7. The van der Waals surface area contributed by atoms with E-state index in [1.54, 1.807) is 62.3 Å². The van der Waals surface area contributed by atoms with E-state index in [2.05, 4.69) is 5.32 Å². The topological polar surface area (TPSA) is 111 Å². The largest absolute Gasteiger partial charge is 0.458 e. The monoisotopic (exact) mass is 361 g/mol. The summed E-state index contributed by atoms with van der Waals surface area (Å²) >= 11 is 0. The maximum Gasteiger partial charge on any atom is 0.408 e. The van der Waals surface area contributed by atoms with Crippen LogP contribution in [0.4, 0.5) is 4.79 Å². The molecular formula is C17H31NO7. The predicted octanol–water partition coefficient (Wildman–Crippen LogP) is 1.92. The lowest BCUT2D eigenvalue weighted by atomic mass is 10.1. The van der Waals surface area contributed by atoms with Gasteiger partial charge in [-0.25, -0.2) is 14.4 Å². The van der Waals surface area contributed by atoms with Crippen LogP contribution in [-0.2, 0) is 23.8 Å². The van der Waals surface area contributed by atoms with Crippen molar-refractivity contribution in [2.24, 2.45) is 0 Å². The van der Waals surface area contributed by atoms with Gasteiger partial charge in [0.15, 0.2) is 12.1 Å². The highest BCUT2D eigenvalue weighted by Crippen LogP contribution is 2.15. The van der Waals surface area contributed by atoms with E-state index < -0.39 is 47.0 Å². The molecule has 0 saturated heterocycles. The molecule has 0 spiro atoms. The fraction of sp³-hybridized carbons (Fsp3) is 0.824. The Hall–Kier alpha value is -1.83. The Morgan fingerprint density at radius 2 is 1.08 bits per heavy atom. The first-order valence-corrected chi connectivity index (χ1v) is 8.04. The van der Waals surface area contributed by atoms with E-state index in [0.717, 1.165) is 0 Å². The number of carbonyl (C=O) groups is 3. The number of hydrogen-bond donors (Lipinski definition) is 2. The number of aliphatic hydroxyl groups excluding tert-OH is 1. The second-order valence-electron chi connectivity index (χ2n) is 8.64. The van der Waals surface area contributed by atoms with Crippen molar-refractivity contribution >= 4 is 18.0 Å². The summed E-state index contributed by atoms with van der Waals surface area (Å²) in [5.74, 6) is -2.03. The Morgan fingerprint density at radius 1 is 0.720 bits per heavy atom. The van der Waals surface area contributed by atoms with E-state index >= 15 is 0 Å². The average Bonchev–Trinajstić information content (AvgIpc) is 2.28. The summed E-state index contributed by atoms with van der Waals surface area (Å²) in [4.78, 5) is 36.3. The molecule has 8 nitrogen and oxygen atoms in total. The summed E-state index contributed by atoms with van der Waals surface area (Å²) in [6, 6.07) is -1.66. The van der Waals surface area contributed by atoms with Crippen molar-refractivity contribution in [2.45, 2.75) is 91.3 Å². The van der Waals surface area contributed by atoms with Crippen molar-refractivity contribution in [2.75, 3.05) is 0 Å². The fourth-order valence-corrected chi connectivity index (χ4v) is 1.56. The van der Waals surface area contributed by atoms with Crippen LogP contribution in [0, 0.1) is 0 Å². The Labute approximate surface area is 149 Å². The van der Waals surface area contributed by atoms with Gasteiger partial charge in [0.25, 0.3) is 0 Å². The van der Waals surface area contributed by atoms with Gasteiger partial charge in [0.05, 0.1) is 0 Å². The van der Waals surface area contributed by atoms with E-state index in [9.17, 15) is 19.5 Å². The summed E-state index contributed by atoms with van der Waals surface area (Å²) < 4.78 is 15.3. The van der Waals surface area contributed by atoms with Crippen LogP contribution in [0.3, 0.4) is 0 Å². The van der Waals surface area contributed by atoms with Gasteiger partial charge in [0.2, 0.25) is 0 Å². The molecule has 2 unspecified atom stereocenters. The third-order valence-electron chi connectivity index (χ3n) is 2.30. The van der Waals surface area contributed by atoms with Crippen LogP contribution in [0.5, 0.6) is 0 Å². The molecule has 0 heterocycles. The van der Waals surface area contributed by atoms with Crippen molar-refractivity contribution < 1.29 is 33.7 Å². The van der Waals surface area contributed by atoms with E-state index in [4.69, 9.17) is 14.2 Å². The van der Waals surface area contributed by atoms with E-state index in [1.807, 2.05) is 0 Å². The average molecular weight is 361 g/mol. The van der Waals surface area contributed by atoms with Gasteiger partial charge in [-0.3, -0.25) is 0 Å². The van der Waals surface area contributed by atoms with E-state index in [0.29, 0.717) is 0 Å². The van der Waals surface area contributed by atoms with Crippen molar-refractivity contribution in [3.63, 3.8) is 0 Å². The van der Waals surface area contributed by atoms with Crippen LogP contribution < -0.4 is 5.32 Å². The SMILES string of the molecule is CC(C)(C)OC(=O)NC(C(=O)OC(C)(C)C)C(O)C(=O)OC(C)(C)C. The molecule has 0 aromatic heterocycles. The minimum absolute atomic E-state index is 0.820. The number of ether oxygens (including phenoxy) is 3. The predicted molar refractivity (Wildman–Crippen MR) is 90.9 cm³/mol. The lowest BCUT2D eigenvalue weighted by Crippen LogP contribution is -2.55. The van der Waals surface area contributed by atoms with Crippen LogP contribution in [0.15, 0.2) is 0 Å². The molecule has 2 N–H and O–H groups in total. The summed E-state index contributed by atoms with van der Waals surface area (Å²) in [5.41, 5.74) is -2.57. The zero-order valence-corrected chi connectivity index (χ0v) is 16.6. The Bertz CT molecular complexity index is 495. The molecule has 0 bridgehead atoms. The molecule has 146 valence electrons. The van der Waals surface area contributed by atoms with Gasteiger partial charge in [-0.05, 0) is 62.3 Å². The first kappa shape index (κ1) is 23.2. The zero-order chi connectivity index (χ0) is 20.2. The second kappa shape index (κ2) is 8.03. The smallest absolute Gasteiger partial charge is 0.408 e. The number of nitrogens with one attached hydrogen (secondary N) is 1. The Kier molecular flexibility index (Phi) is 7.44. The molecule has 0 aliphatic heterocycles. The fourth-order valence-electron chi connectivity index (χ4n) is 1.56. The molecule has 25 heavy (non-hydrogen) atoms. The molecule has 0 radical (unpaired) electrons. The second-order valence-corrected chi connectivity index (χ2v) is 8.64. The number of amides is 1. The normalized spacial score (nSPS) is 15.0. The number of carbonyl (C=O) groups excluding carboxylic acids is 3. The molecule has 1 amide bonds. The standard InChI is InChI=1S/C17H31NO7/c1-15(2,3)23-12(20)10(18-14(22)25-17(7,8)9)11(19)13(21)24-16(4,5)6/h10-11,19H,1-9H3,(H,18,22). The van der Waals surface area contributed by atoms with Crippen LogP contribution >= 0.6 is 0 Å². The van der Waals surface area contributed by atoms with Crippen molar-refractivity contribution in [3.05, 3.63) is 0 Å². The van der Waals surface area contributed by atoms with Crippen LogP contribution in [0.25, 0.3) is 0 Å². The maximum atomic E-state index is 12.3.